The Labute approximate surface area is 103 Å². The van der Waals surface area contributed by atoms with Crippen LogP contribution < -0.4 is 0 Å². The average molecular weight is 251 g/mol. The summed E-state index contributed by atoms with van der Waals surface area (Å²) < 4.78 is 0. The molecule has 0 bridgehead atoms. The molecule has 1 heterocycles. The topological polar surface area (TPSA) is 6.48 Å². The van der Waals surface area contributed by atoms with Crippen molar-refractivity contribution >= 4 is 23.4 Å². The van der Waals surface area contributed by atoms with Gasteiger partial charge in [-0.3, -0.25) is 0 Å². The van der Waals surface area contributed by atoms with Crippen LogP contribution in [0, 0.1) is 0 Å². The molecule has 1 saturated heterocycles. The number of nitrogens with zero attached hydrogens (tertiary/aromatic N) is 2. The second kappa shape index (κ2) is 8.68. The maximum absolute atomic E-state index is 5.77. The van der Waals surface area contributed by atoms with E-state index in [2.05, 4.69) is 16.7 Å². The molecular formula is C11H23ClN2S. The lowest BCUT2D eigenvalue weighted by Crippen LogP contribution is -2.32. The van der Waals surface area contributed by atoms with Crippen molar-refractivity contribution in [2.45, 2.75) is 13.3 Å². The molecule has 0 aromatic carbocycles. The minimum absolute atomic E-state index is 0.770. The van der Waals surface area contributed by atoms with Crippen molar-refractivity contribution in [1.82, 2.24) is 9.80 Å². The Morgan fingerprint density at radius 2 is 1.73 bits per heavy atom. The summed E-state index contributed by atoms with van der Waals surface area (Å²) in [4.78, 5) is 5.08. The van der Waals surface area contributed by atoms with Crippen LogP contribution in [0.1, 0.15) is 13.3 Å². The van der Waals surface area contributed by atoms with E-state index in [0.717, 1.165) is 12.4 Å². The van der Waals surface area contributed by atoms with Crippen molar-refractivity contribution < 1.29 is 0 Å². The zero-order valence-corrected chi connectivity index (χ0v) is 11.3. The van der Waals surface area contributed by atoms with E-state index in [1.54, 1.807) is 0 Å². The third kappa shape index (κ3) is 6.00. The first-order valence-electron chi connectivity index (χ1n) is 5.95. The van der Waals surface area contributed by atoms with Gasteiger partial charge in [-0.25, -0.2) is 0 Å². The van der Waals surface area contributed by atoms with Gasteiger partial charge in [0.2, 0.25) is 0 Å². The van der Waals surface area contributed by atoms with E-state index in [0.29, 0.717) is 0 Å². The molecule has 0 unspecified atom stereocenters. The summed E-state index contributed by atoms with van der Waals surface area (Å²) in [5.74, 6) is 3.30. The molecule has 4 heteroatoms. The standard InChI is InChI=1S/C11H23ClN2S/c1-2-15-11-10-14-6-3-5-13(7-4-12)8-9-14/h2-11H2,1H3. The van der Waals surface area contributed by atoms with Crippen LogP contribution in [0.15, 0.2) is 0 Å². The van der Waals surface area contributed by atoms with E-state index in [-0.39, 0.29) is 0 Å². The first-order valence-corrected chi connectivity index (χ1v) is 7.64. The van der Waals surface area contributed by atoms with Gasteiger partial charge in [0.1, 0.15) is 0 Å². The molecule has 0 aromatic heterocycles. The second-order valence-electron chi connectivity index (χ2n) is 3.92. The second-order valence-corrected chi connectivity index (χ2v) is 5.69. The van der Waals surface area contributed by atoms with Crippen molar-refractivity contribution in [3.8, 4) is 0 Å². The summed E-state index contributed by atoms with van der Waals surface area (Å²) in [6.07, 6.45) is 1.30. The predicted molar refractivity (Wildman–Crippen MR) is 71.2 cm³/mol. The molecule has 1 rings (SSSR count). The molecule has 0 atom stereocenters. The Morgan fingerprint density at radius 1 is 1.07 bits per heavy atom. The average Bonchev–Trinajstić information content (AvgIpc) is 2.45. The SMILES string of the molecule is CCSCCN1CCCN(CCCl)CC1. The Kier molecular flexibility index (Phi) is 7.89. The summed E-state index contributed by atoms with van der Waals surface area (Å²) in [5, 5.41) is 0. The minimum atomic E-state index is 0.770. The fourth-order valence-corrected chi connectivity index (χ4v) is 2.84. The van der Waals surface area contributed by atoms with Crippen LogP contribution in [0.2, 0.25) is 0 Å². The maximum atomic E-state index is 5.77. The highest BCUT2D eigenvalue weighted by Crippen LogP contribution is 2.05. The zero-order valence-electron chi connectivity index (χ0n) is 9.75. The van der Waals surface area contributed by atoms with Gasteiger partial charge < -0.3 is 9.80 Å². The lowest BCUT2D eigenvalue weighted by molar-refractivity contribution is 0.273. The molecule has 2 nitrogen and oxygen atoms in total. The lowest BCUT2D eigenvalue weighted by Gasteiger charge is -2.20. The number of halogens is 1. The molecule has 1 fully saturated rings. The molecule has 0 N–H and O–H groups in total. The normalized spacial score (nSPS) is 20.4. The molecule has 0 saturated carbocycles. The van der Waals surface area contributed by atoms with Gasteiger partial charge in [0, 0.05) is 37.8 Å². The van der Waals surface area contributed by atoms with Gasteiger partial charge in [-0.1, -0.05) is 6.92 Å². The fraction of sp³-hybridized carbons (Fsp3) is 1.00. The third-order valence-electron chi connectivity index (χ3n) is 2.84. The van der Waals surface area contributed by atoms with Crippen molar-refractivity contribution in [2.24, 2.45) is 0 Å². The van der Waals surface area contributed by atoms with Crippen molar-refractivity contribution in [3.05, 3.63) is 0 Å². The zero-order chi connectivity index (χ0) is 10.9. The summed E-state index contributed by atoms with van der Waals surface area (Å²) in [7, 11) is 0. The monoisotopic (exact) mass is 250 g/mol. The summed E-state index contributed by atoms with van der Waals surface area (Å²) in [5.41, 5.74) is 0. The van der Waals surface area contributed by atoms with Crippen LogP contribution in [-0.2, 0) is 0 Å². The predicted octanol–water partition coefficient (Wildman–Crippen LogP) is 1.99. The van der Waals surface area contributed by atoms with Crippen LogP contribution in [0.4, 0.5) is 0 Å². The molecule has 1 aliphatic heterocycles. The molecule has 15 heavy (non-hydrogen) atoms. The van der Waals surface area contributed by atoms with Crippen LogP contribution in [0.25, 0.3) is 0 Å². The Morgan fingerprint density at radius 3 is 2.33 bits per heavy atom. The van der Waals surface area contributed by atoms with Crippen LogP contribution in [0.3, 0.4) is 0 Å². The number of thioether (sulfide) groups is 1. The van der Waals surface area contributed by atoms with Crippen molar-refractivity contribution in [1.29, 1.82) is 0 Å². The number of hydrogen-bond acceptors (Lipinski definition) is 3. The van der Waals surface area contributed by atoms with Gasteiger partial charge in [-0.05, 0) is 25.3 Å². The number of alkyl halides is 1. The summed E-state index contributed by atoms with van der Waals surface area (Å²) in [6.45, 7) is 9.46. The summed E-state index contributed by atoms with van der Waals surface area (Å²) >= 11 is 7.81. The van der Waals surface area contributed by atoms with E-state index in [9.17, 15) is 0 Å². The molecule has 90 valence electrons. The van der Waals surface area contributed by atoms with Crippen LogP contribution >= 0.6 is 23.4 Å². The van der Waals surface area contributed by atoms with E-state index in [1.165, 1.54) is 50.7 Å². The van der Waals surface area contributed by atoms with Crippen molar-refractivity contribution in [3.63, 3.8) is 0 Å². The van der Waals surface area contributed by atoms with Gasteiger partial charge in [0.05, 0.1) is 0 Å². The Bertz CT molecular complexity index is 158. The van der Waals surface area contributed by atoms with Gasteiger partial charge in [0.25, 0.3) is 0 Å². The quantitative estimate of drug-likeness (QED) is 0.526. The first-order chi connectivity index (χ1) is 7.36. The fourth-order valence-electron chi connectivity index (χ4n) is 1.93. The highest BCUT2D eigenvalue weighted by atomic mass is 35.5. The summed E-state index contributed by atoms with van der Waals surface area (Å²) in [6, 6.07) is 0. The molecular weight excluding hydrogens is 228 g/mol. The Balaban J connectivity index is 2.14. The molecule has 0 aromatic rings. The molecule has 0 amide bonds. The Hall–Kier alpha value is 0.560. The number of rotatable bonds is 6. The first kappa shape index (κ1) is 13.6. The minimum Gasteiger partial charge on any atom is -0.301 e. The molecule has 1 aliphatic rings. The van der Waals surface area contributed by atoms with Gasteiger partial charge in [-0.15, -0.1) is 11.6 Å². The smallest absolute Gasteiger partial charge is 0.0351 e. The van der Waals surface area contributed by atoms with Crippen LogP contribution in [0.5, 0.6) is 0 Å². The van der Waals surface area contributed by atoms with Crippen molar-refractivity contribution in [2.75, 3.05) is 56.7 Å². The third-order valence-corrected chi connectivity index (χ3v) is 3.89. The van der Waals surface area contributed by atoms with E-state index in [4.69, 9.17) is 11.6 Å². The van der Waals surface area contributed by atoms with E-state index < -0.39 is 0 Å². The number of hydrogen-bond donors (Lipinski definition) is 0. The highest BCUT2D eigenvalue weighted by Gasteiger charge is 2.13. The maximum Gasteiger partial charge on any atom is 0.0351 e. The molecule has 0 aliphatic carbocycles. The van der Waals surface area contributed by atoms with Gasteiger partial charge in [-0.2, -0.15) is 11.8 Å². The molecule has 0 radical (unpaired) electrons. The lowest BCUT2D eigenvalue weighted by atomic mass is 10.4. The van der Waals surface area contributed by atoms with E-state index in [1.807, 2.05) is 11.8 Å². The van der Waals surface area contributed by atoms with Gasteiger partial charge in [0.15, 0.2) is 0 Å². The largest absolute Gasteiger partial charge is 0.301 e. The van der Waals surface area contributed by atoms with Gasteiger partial charge >= 0.3 is 0 Å². The van der Waals surface area contributed by atoms with E-state index >= 15 is 0 Å². The molecule has 0 spiro atoms. The van der Waals surface area contributed by atoms with Crippen LogP contribution in [-0.4, -0.2) is 66.5 Å². The highest BCUT2D eigenvalue weighted by molar-refractivity contribution is 7.99.